The minimum Gasteiger partial charge on any atom is -0.493 e. The van der Waals surface area contributed by atoms with Gasteiger partial charge in [0.1, 0.15) is 0 Å². The Morgan fingerprint density at radius 3 is 2.73 bits per heavy atom. The van der Waals surface area contributed by atoms with Gasteiger partial charge in [0, 0.05) is 6.92 Å². The molecule has 7 nitrogen and oxygen atoms in total. The molecule has 7 heteroatoms. The molecule has 22 heavy (non-hydrogen) atoms. The molecule has 1 aromatic heterocycles. The molecular formula is C15H14N2O5. The second-order valence-corrected chi connectivity index (χ2v) is 4.20. The number of carbonyl (C=O) groups is 2. The van der Waals surface area contributed by atoms with E-state index in [-0.39, 0.29) is 17.4 Å². The van der Waals surface area contributed by atoms with Gasteiger partial charge in [0.2, 0.25) is 11.7 Å². The van der Waals surface area contributed by atoms with Crippen LogP contribution >= 0.6 is 0 Å². The zero-order chi connectivity index (χ0) is 15.9. The maximum atomic E-state index is 11.8. The van der Waals surface area contributed by atoms with Crippen LogP contribution in [0.4, 0.5) is 0 Å². The Labute approximate surface area is 126 Å². The van der Waals surface area contributed by atoms with Gasteiger partial charge in [0.25, 0.3) is 0 Å². The molecule has 0 saturated carbocycles. The molecule has 2 aromatic rings. The third-order valence-electron chi connectivity index (χ3n) is 2.55. The largest absolute Gasteiger partial charge is 0.493 e. The van der Waals surface area contributed by atoms with Crippen molar-refractivity contribution in [2.75, 3.05) is 7.11 Å². The summed E-state index contributed by atoms with van der Waals surface area (Å²) in [6, 6.07) is 7.95. The monoisotopic (exact) mass is 302 g/mol. The Kier molecular flexibility index (Phi) is 4.92. The SMILES string of the molecule is COc1cc(/C=N/NC(C)=O)ccc1OC(=O)c1ccco1. The van der Waals surface area contributed by atoms with Crippen molar-refractivity contribution in [3.8, 4) is 11.5 Å². The summed E-state index contributed by atoms with van der Waals surface area (Å²) in [5, 5.41) is 3.74. The van der Waals surface area contributed by atoms with Crippen LogP contribution in [0.2, 0.25) is 0 Å². The minimum absolute atomic E-state index is 0.0957. The van der Waals surface area contributed by atoms with E-state index in [2.05, 4.69) is 10.5 Å². The Bertz CT molecular complexity index is 692. The molecule has 1 amide bonds. The molecule has 2 rings (SSSR count). The van der Waals surface area contributed by atoms with Crippen molar-refractivity contribution in [3.63, 3.8) is 0 Å². The summed E-state index contributed by atoms with van der Waals surface area (Å²) in [6.45, 7) is 1.36. The van der Waals surface area contributed by atoms with Crippen molar-refractivity contribution in [2.45, 2.75) is 6.92 Å². The first-order chi connectivity index (χ1) is 10.6. The third kappa shape index (κ3) is 3.95. The maximum absolute atomic E-state index is 11.8. The molecular weight excluding hydrogens is 288 g/mol. The van der Waals surface area contributed by atoms with Crippen LogP contribution in [0.1, 0.15) is 23.0 Å². The van der Waals surface area contributed by atoms with Gasteiger partial charge >= 0.3 is 5.97 Å². The van der Waals surface area contributed by atoms with Crippen molar-refractivity contribution in [1.29, 1.82) is 0 Å². The molecule has 114 valence electrons. The van der Waals surface area contributed by atoms with Crippen LogP contribution in [0.3, 0.4) is 0 Å². The number of methoxy groups -OCH3 is 1. The quantitative estimate of drug-likeness (QED) is 0.395. The van der Waals surface area contributed by atoms with Crippen LogP contribution in [-0.4, -0.2) is 25.2 Å². The highest BCUT2D eigenvalue weighted by Gasteiger charge is 2.14. The van der Waals surface area contributed by atoms with E-state index < -0.39 is 5.97 Å². The van der Waals surface area contributed by atoms with Crippen LogP contribution in [0, 0.1) is 0 Å². The predicted molar refractivity (Wildman–Crippen MR) is 78.1 cm³/mol. The Balaban J connectivity index is 2.14. The van der Waals surface area contributed by atoms with Gasteiger partial charge in [-0.2, -0.15) is 5.10 Å². The van der Waals surface area contributed by atoms with Gasteiger partial charge in [0.05, 0.1) is 19.6 Å². The van der Waals surface area contributed by atoms with E-state index in [0.29, 0.717) is 11.3 Å². The normalized spacial score (nSPS) is 10.5. The van der Waals surface area contributed by atoms with E-state index in [4.69, 9.17) is 13.9 Å². The topological polar surface area (TPSA) is 90.1 Å². The summed E-state index contributed by atoms with van der Waals surface area (Å²) < 4.78 is 15.3. The molecule has 0 aliphatic rings. The zero-order valence-corrected chi connectivity index (χ0v) is 12.0. The van der Waals surface area contributed by atoms with E-state index >= 15 is 0 Å². The van der Waals surface area contributed by atoms with Crippen LogP contribution < -0.4 is 14.9 Å². The number of amides is 1. The highest BCUT2D eigenvalue weighted by molar-refractivity contribution is 5.89. The standard InChI is InChI=1S/C15H14N2O5/c1-10(18)17-16-9-11-5-6-12(14(8-11)20-2)22-15(19)13-4-3-7-21-13/h3-9H,1-2H3,(H,17,18)/b16-9+. The lowest BCUT2D eigenvalue weighted by atomic mass is 10.2. The van der Waals surface area contributed by atoms with Crippen molar-refractivity contribution in [2.24, 2.45) is 5.10 Å². The number of nitrogens with one attached hydrogen (secondary N) is 1. The summed E-state index contributed by atoms with van der Waals surface area (Å²) in [5.41, 5.74) is 2.96. The summed E-state index contributed by atoms with van der Waals surface area (Å²) in [4.78, 5) is 22.6. The van der Waals surface area contributed by atoms with E-state index in [1.54, 1.807) is 24.3 Å². The van der Waals surface area contributed by atoms with Crippen molar-refractivity contribution >= 4 is 18.1 Å². The average Bonchev–Trinajstić information content (AvgIpc) is 3.02. The highest BCUT2D eigenvalue weighted by Crippen LogP contribution is 2.28. The molecule has 0 radical (unpaired) electrons. The van der Waals surface area contributed by atoms with E-state index in [1.807, 2.05) is 0 Å². The average molecular weight is 302 g/mol. The van der Waals surface area contributed by atoms with Crippen molar-refractivity contribution < 1.29 is 23.5 Å². The summed E-state index contributed by atoms with van der Waals surface area (Å²) in [5.74, 6) is -0.194. The Morgan fingerprint density at radius 1 is 1.27 bits per heavy atom. The molecule has 0 aliphatic heterocycles. The molecule has 0 atom stereocenters. The number of hydrazone groups is 1. The van der Waals surface area contributed by atoms with Crippen LogP contribution in [0.5, 0.6) is 11.5 Å². The number of carbonyl (C=O) groups excluding carboxylic acids is 2. The van der Waals surface area contributed by atoms with Gasteiger partial charge in [0.15, 0.2) is 11.5 Å². The molecule has 0 fully saturated rings. The van der Waals surface area contributed by atoms with E-state index in [0.717, 1.165) is 0 Å². The molecule has 1 N–H and O–H groups in total. The van der Waals surface area contributed by atoms with Crippen LogP contribution in [0.25, 0.3) is 0 Å². The third-order valence-corrected chi connectivity index (χ3v) is 2.55. The minimum atomic E-state index is -0.622. The number of hydrogen-bond donors (Lipinski definition) is 1. The second kappa shape index (κ2) is 7.07. The fraction of sp³-hybridized carbons (Fsp3) is 0.133. The molecule has 0 unspecified atom stereocenters. The van der Waals surface area contributed by atoms with Gasteiger partial charge in [-0.15, -0.1) is 0 Å². The molecule has 0 bridgehead atoms. The predicted octanol–water partition coefficient (Wildman–Crippen LogP) is 1.98. The summed E-state index contributed by atoms with van der Waals surface area (Å²) in [6.07, 6.45) is 2.83. The number of benzene rings is 1. The van der Waals surface area contributed by atoms with Crippen molar-refractivity contribution in [1.82, 2.24) is 5.43 Å². The number of nitrogens with zero attached hydrogens (tertiary/aromatic N) is 1. The summed E-state index contributed by atoms with van der Waals surface area (Å²) >= 11 is 0. The van der Waals surface area contributed by atoms with Gasteiger partial charge in [-0.25, -0.2) is 10.2 Å². The van der Waals surface area contributed by atoms with Gasteiger partial charge in [-0.05, 0) is 35.9 Å². The molecule has 0 spiro atoms. The van der Waals surface area contributed by atoms with Gasteiger partial charge in [-0.3, -0.25) is 4.79 Å². The number of rotatable bonds is 5. The molecule has 0 aliphatic carbocycles. The first-order valence-corrected chi connectivity index (χ1v) is 6.33. The lowest BCUT2D eigenvalue weighted by Gasteiger charge is -2.08. The number of esters is 1. The maximum Gasteiger partial charge on any atom is 0.379 e. The highest BCUT2D eigenvalue weighted by atomic mass is 16.6. The smallest absolute Gasteiger partial charge is 0.379 e. The summed E-state index contributed by atoms with van der Waals surface area (Å²) in [7, 11) is 1.45. The molecule has 1 heterocycles. The first kappa shape index (κ1) is 15.3. The second-order valence-electron chi connectivity index (χ2n) is 4.20. The Hall–Kier alpha value is -3.09. The van der Waals surface area contributed by atoms with Crippen LogP contribution in [-0.2, 0) is 4.79 Å². The van der Waals surface area contributed by atoms with Gasteiger partial charge in [-0.1, -0.05) is 0 Å². The zero-order valence-electron chi connectivity index (χ0n) is 12.0. The van der Waals surface area contributed by atoms with E-state index in [1.165, 1.54) is 32.6 Å². The number of furan rings is 1. The molecule has 0 saturated heterocycles. The Morgan fingerprint density at radius 2 is 2.09 bits per heavy atom. The van der Waals surface area contributed by atoms with Crippen LogP contribution in [0.15, 0.2) is 46.1 Å². The number of hydrogen-bond acceptors (Lipinski definition) is 6. The first-order valence-electron chi connectivity index (χ1n) is 6.33. The van der Waals surface area contributed by atoms with Crippen molar-refractivity contribution in [3.05, 3.63) is 47.9 Å². The lowest BCUT2D eigenvalue weighted by Crippen LogP contribution is -2.12. The van der Waals surface area contributed by atoms with Gasteiger partial charge < -0.3 is 13.9 Å². The molecule has 1 aromatic carbocycles. The lowest BCUT2D eigenvalue weighted by molar-refractivity contribution is -0.118. The fourth-order valence-electron chi connectivity index (χ4n) is 1.59. The van der Waals surface area contributed by atoms with E-state index in [9.17, 15) is 9.59 Å². The fourth-order valence-corrected chi connectivity index (χ4v) is 1.59. The number of ether oxygens (including phenoxy) is 2.